The Morgan fingerprint density at radius 3 is 2.79 bits per heavy atom. The van der Waals surface area contributed by atoms with Gasteiger partial charge in [0, 0.05) is 19.0 Å². The molecule has 3 nitrogen and oxygen atoms in total. The van der Waals surface area contributed by atoms with Gasteiger partial charge in [0.05, 0.1) is 12.6 Å². The lowest BCUT2D eigenvalue weighted by molar-refractivity contribution is 0.151. The number of nitrogens with one attached hydrogen (secondary N) is 1. The normalized spacial score (nSPS) is 13.1. The molecule has 80 valence electrons. The van der Waals surface area contributed by atoms with Crippen molar-refractivity contribution in [1.82, 2.24) is 9.55 Å². The van der Waals surface area contributed by atoms with Gasteiger partial charge in [-0.1, -0.05) is 13.8 Å². The molecule has 0 radical (unpaired) electrons. The molecule has 1 unspecified atom stereocenters. The summed E-state index contributed by atoms with van der Waals surface area (Å²) in [4.78, 5) is 3.08. The Morgan fingerprint density at radius 1 is 1.57 bits per heavy atom. The van der Waals surface area contributed by atoms with Crippen LogP contribution in [0.4, 0.5) is 0 Å². The zero-order valence-electron chi connectivity index (χ0n) is 9.04. The fourth-order valence-electron chi connectivity index (χ4n) is 1.65. The summed E-state index contributed by atoms with van der Waals surface area (Å²) in [6, 6.07) is 0.355. The van der Waals surface area contributed by atoms with E-state index in [-0.39, 0.29) is 0 Å². The van der Waals surface area contributed by atoms with E-state index in [2.05, 4.69) is 23.4 Å². The van der Waals surface area contributed by atoms with Gasteiger partial charge in [0.15, 0.2) is 4.77 Å². The number of aromatic nitrogens is 2. The van der Waals surface area contributed by atoms with Crippen molar-refractivity contribution in [2.75, 3.05) is 13.7 Å². The molecule has 0 bridgehead atoms. The quantitative estimate of drug-likeness (QED) is 0.764. The van der Waals surface area contributed by atoms with E-state index in [1.54, 1.807) is 7.11 Å². The minimum absolute atomic E-state index is 0.355. The lowest BCUT2D eigenvalue weighted by Crippen LogP contribution is -2.16. The second kappa shape index (κ2) is 5.32. The fraction of sp³-hybridized carbons (Fsp3) is 0.700. The molecule has 1 aromatic heterocycles. The van der Waals surface area contributed by atoms with Gasteiger partial charge >= 0.3 is 0 Å². The lowest BCUT2D eigenvalue weighted by Gasteiger charge is -2.18. The van der Waals surface area contributed by atoms with E-state index in [1.165, 1.54) is 5.69 Å². The number of rotatable bonds is 5. The van der Waals surface area contributed by atoms with Crippen molar-refractivity contribution in [2.24, 2.45) is 0 Å². The molecule has 1 N–H and O–H groups in total. The van der Waals surface area contributed by atoms with Gasteiger partial charge in [-0.05, 0) is 25.1 Å². The van der Waals surface area contributed by atoms with Crippen LogP contribution in [0.2, 0.25) is 0 Å². The minimum atomic E-state index is 0.355. The van der Waals surface area contributed by atoms with Crippen molar-refractivity contribution in [2.45, 2.75) is 32.7 Å². The van der Waals surface area contributed by atoms with Gasteiger partial charge in [-0.3, -0.25) is 0 Å². The summed E-state index contributed by atoms with van der Waals surface area (Å²) in [5, 5.41) is 0. The largest absolute Gasteiger partial charge is 0.383 e. The molecular weight excluding hydrogens is 196 g/mol. The maximum Gasteiger partial charge on any atom is 0.177 e. The lowest BCUT2D eigenvalue weighted by atomic mass is 10.2. The number of ether oxygens (including phenoxy) is 1. The standard InChI is InChI=1S/C10H18N2OS/c1-4-8-6-11-10(14)12(8)9(5-2)7-13-3/h6,9H,4-5,7H2,1-3H3,(H,11,14). The molecule has 0 aromatic carbocycles. The highest BCUT2D eigenvalue weighted by molar-refractivity contribution is 7.71. The third kappa shape index (κ3) is 2.25. The predicted molar refractivity (Wildman–Crippen MR) is 60.2 cm³/mol. The zero-order chi connectivity index (χ0) is 10.6. The second-order valence-corrected chi connectivity index (χ2v) is 3.71. The number of H-pyrrole nitrogens is 1. The summed E-state index contributed by atoms with van der Waals surface area (Å²) < 4.78 is 8.15. The monoisotopic (exact) mass is 214 g/mol. The van der Waals surface area contributed by atoms with Gasteiger partial charge in [0.25, 0.3) is 0 Å². The first-order chi connectivity index (χ1) is 6.74. The van der Waals surface area contributed by atoms with Gasteiger partial charge in [-0.2, -0.15) is 0 Å². The summed E-state index contributed by atoms with van der Waals surface area (Å²) >= 11 is 5.25. The first kappa shape index (κ1) is 11.5. The van der Waals surface area contributed by atoms with E-state index in [0.717, 1.165) is 24.2 Å². The molecule has 0 aliphatic rings. The SMILES string of the molecule is CCc1c[nH]c(=S)n1C(CC)COC. The smallest absolute Gasteiger partial charge is 0.177 e. The minimum Gasteiger partial charge on any atom is -0.383 e. The van der Waals surface area contributed by atoms with Crippen molar-refractivity contribution >= 4 is 12.2 Å². The van der Waals surface area contributed by atoms with Crippen molar-refractivity contribution in [3.8, 4) is 0 Å². The number of aryl methyl sites for hydroxylation is 1. The average molecular weight is 214 g/mol. The predicted octanol–water partition coefficient (Wildman–Crippen LogP) is 2.71. The first-order valence-corrected chi connectivity index (χ1v) is 5.43. The molecule has 4 heteroatoms. The van der Waals surface area contributed by atoms with Crippen LogP contribution in [0.15, 0.2) is 6.20 Å². The van der Waals surface area contributed by atoms with Crippen LogP contribution in [-0.4, -0.2) is 23.3 Å². The van der Waals surface area contributed by atoms with E-state index in [1.807, 2.05) is 6.20 Å². The summed E-state index contributed by atoms with van der Waals surface area (Å²) in [7, 11) is 1.73. The molecule has 0 aliphatic heterocycles. The average Bonchev–Trinajstić information content (AvgIpc) is 2.56. The zero-order valence-corrected chi connectivity index (χ0v) is 9.86. The van der Waals surface area contributed by atoms with Gasteiger partial charge in [0.2, 0.25) is 0 Å². The van der Waals surface area contributed by atoms with Crippen LogP contribution in [0.5, 0.6) is 0 Å². The van der Waals surface area contributed by atoms with E-state index >= 15 is 0 Å². The molecule has 0 saturated carbocycles. The molecular formula is C10H18N2OS. The Balaban J connectivity index is 3.00. The van der Waals surface area contributed by atoms with Crippen LogP contribution in [0.1, 0.15) is 32.0 Å². The molecule has 1 aromatic rings. The van der Waals surface area contributed by atoms with E-state index in [4.69, 9.17) is 17.0 Å². The third-order valence-electron chi connectivity index (χ3n) is 2.45. The summed E-state index contributed by atoms with van der Waals surface area (Å²) in [6.07, 6.45) is 4.01. The molecule has 0 fully saturated rings. The molecule has 0 saturated heterocycles. The molecule has 0 amide bonds. The molecule has 0 aliphatic carbocycles. The maximum atomic E-state index is 5.25. The van der Waals surface area contributed by atoms with Crippen LogP contribution < -0.4 is 0 Å². The summed E-state index contributed by atoms with van der Waals surface area (Å²) in [5.41, 5.74) is 1.25. The van der Waals surface area contributed by atoms with Crippen LogP contribution in [0, 0.1) is 4.77 Å². The van der Waals surface area contributed by atoms with Crippen molar-refractivity contribution in [1.29, 1.82) is 0 Å². The molecule has 1 rings (SSSR count). The van der Waals surface area contributed by atoms with Crippen molar-refractivity contribution in [3.63, 3.8) is 0 Å². The summed E-state index contributed by atoms with van der Waals surface area (Å²) in [6.45, 7) is 5.00. The topological polar surface area (TPSA) is 29.9 Å². The Morgan fingerprint density at radius 2 is 2.29 bits per heavy atom. The van der Waals surface area contributed by atoms with Gasteiger partial charge < -0.3 is 14.3 Å². The van der Waals surface area contributed by atoms with Gasteiger partial charge in [-0.25, -0.2) is 0 Å². The Hall–Kier alpha value is -0.610. The second-order valence-electron chi connectivity index (χ2n) is 3.33. The Labute approximate surface area is 90.1 Å². The maximum absolute atomic E-state index is 5.25. The molecule has 14 heavy (non-hydrogen) atoms. The first-order valence-electron chi connectivity index (χ1n) is 5.02. The summed E-state index contributed by atoms with van der Waals surface area (Å²) in [5.74, 6) is 0. The third-order valence-corrected chi connectivity index (χ3v) is 2.76. The van der Waals surface area contributed by atoms with Crippen molar-refractivity contribution < 1.29 is 4.74 Å². The fourth-order valence-corrected chi connectivity index (χ4v) is 1.98. The number of hydrogen-bond donors (Lipinski definition) is 1. The number of aromatic amines is 1. The molecule has 1 atom stereocenters. The molecule has 0 spiro atoms. The number of imidazole rings is 1. The van der Waals surface area contributed by atoms with E-state index in [9.17, 15) is 0 Å². The number of methoxy groups -OCH3 is 1. The van der Waals surface area contributed by atoms with E-state index in [0.29, 0.717) is 6.04 Å². The highest BCUT2D eigenvalue weighted by Gasteiger charge is 2.12. The molecule has 1 heterocycles. The Kier molecular flexibility index (Phi) is 4.35. The van der Waals surface area contributed by atoms with Crippen LogP contribution in [0.3, 0.4) is 0 Å². The van der Waals surface area contributed by atoms with E-state index < -0.39 is 0 Å². The van der Waals surface area contributed by atoms with Crippen LogP contribution >= 0.6 is 12.2 Å². The highest BCUT2D eigenvalue weighted by Crippen LogP contribution is 2.16. The van der Waals surface area contributed by atoms with Crippen LogP contribution in [0.25, 0.3) is 0 Å². The van der Waals surface area contributed by atoms with Crippen LogP contribution in [-0.2, 0) is 11.2 Å². The van der Waals surface area contributed by atoms with Crippen molar-refractivity contribution in [3.05, 3.63) is 16.7 Å². The van der Waals surface area contributed by atoms with Gasteiger partial charge in [-0.15, -0.1) is 0 Å². The Bertz CT molecular complexity index is 329. The number of nitrogens with zero attached hydrogens (tertiary/aromatic N) is 1. The highest BCUT2D eigenvalue weighted by atomic mass is 32.1. The van der Waals surface area contributed by atoms with Gasteiger partial charge in [0.1, 0.15) is 0 Å². The number of hydrogen-bond acceptors (Lipinski definition) is 2.